The molecule has 2 heterocycles. The average Bonchev–Trinajstić information content (AvgIpc) is 3.40. The molecule has 1 atom stereocenters. The van der Waals surface area contributed by atoms with Crippen molar-refractivity contribution in [2.24, 2.45) is 0 Å². The number of carbonyl (C=O) groups excluding carboxylic acids is 2. The zero-order valence-corrected chi connectivity index (χ0v) is 18.2. The van der Waals surface area contributed by atoms with E-state index in [2.05, 4.69) is 15.5 Å². The van der Waals surface area contributed by atoms with Gasteiger partial charge in [0.15, 0.2) is 5.54 Å². The van der Waals surface area contributed by atoms with Crippen LogP contribution in [0.1, 0.15) is 17.0 Å². The largest absolute Gasteiger partial charge is 0.337 e. The molecule has 5 rings (SSSR count). The smallest absolute Gasteiger partial charge is 0.325 e. The van der Waals surface area contributed by atoms with E-state index in [0.29, 0.717) is 28.4 Å². The van der Waals surface area contributed by atoms with Gasteiger partial charge in [-0.1, -0.05) is 77.4 Å². The molecule has 8 heteroatoms. The minimum atomic E-state index is -1.22. The van der Waals surface area contributed by atoms with E-state index in [1.54, 1.807) is 24.3 Å². The van der Waals surface area contributed by atoms with E-state index >= 15 is 0 Å². The molecule has 1 aromatic heterocycles. The van der Waals surface area contributed by atoms with Crippen molar-refractivity contribution in [3.8, 4) is 11.4 Å². The van der Waals surface area contributed by atoms with Gasteiger partial charge in [-0.25, -0.2) is 4.79 Å². The lowest BCUT2D eigenvalue weighted by Gasteiger charge is -2.27. The summed E-state index contributed by atoms with van der Waals surface area (Å²) in [5, 5.41) is 7.50. The summed E-state index contributed by atoms with van der Waals surface area (Å²) in [7, 11) is 0. The minimum Gasteiger partial charge on any atom is -0.337 e. The van der Waals surface area contributed by atoms with Gasteiger partial charge < -0.3 is 9.84 Å². The van der Waals surface area contributed by atoms with Crippen molar-refractivity contribution in [3.05, 3.63) is 107 Å². The second-order valence-corrected chi connectivity index (χ2v) is 8.21. The first-order valence-electron chi connectivity index (χ1n) is 10.4. The average molecular weight is 459 g/mol. The fraction of sp³-hybridized carbons (Fsp3) is 0.120. The number of benzene rings is 3. The summed E-state index contributed by atoms with van der Waals surface area (Å²) >= 11 is 5.93. The van der Waals surface area contributed by atoms with Crippen LogP contribution in [0.25, 0.3) is 11.4 Å². The summed E-state index contributed by atoms with van der Waals surface area (Å²) in [5.74, 6) is 0.146. The molecule has 1 saturated heterocycles. The Labute approximate surface area is 195 Å². The number of halogens is 1. The maximum Gasteiger partial charge on any atom is 0.325 e. The molecule has 0 spiro atoms. The molecule has 0 saturated carbocycles. The Morgan fingerprint density at radius 2 is 1.58 bits per heavy atom. The van der Waals surface area contributed by atoms with Crippen LogP contribution in [0.5, 0.6) is 0 Å². The van der Waals surface area contributed by atoms with Crippen molar-refractivity contribution in [2.45, 2.75) is 18.5 Å². The van der Waals surface area contributed by atoms with Crippen molar-refractivity contribution in [3.63, 3.8) is 0 Å². The Kier molecular flexibility index (Phi) is 5.40. The van der Waals surface area contributed by atoms with E-state index in [0.717, 1.165) is 10.5 Å². The maximum atomic E-state index is 13.7. The van der Waals surface area contributed by atoms with E-state index in [1.165, 1.54) is 0 Å². The lowest BCUT2D eigenvalue weighted by Crippen LogP contribution is -2.46. The predicted octanol–water partition coefficient (Wildman–Crippen LogP) is 4.58. The Hall–Kier alpha value is -3.97. The molecular formula is C25H19ClN4O3. The van der Waals surface area contributed by atoms with Crippen molar-refractivity contribution < 1.29 is 14.1 Å². The number of nitrogens with zero attached hydrogens (tertiary/aromatic N) is 3. The van der Waals surface area contributed by atoms with Gasteiger partial charge in [0.2, 0.25) is 11.7 Å². The Morgan fingerprint density at radius 1 is 0.909 bits per heavy atom. The lowest BCUT2D eigenvalue weighted by molar-refractivity contribution is -0.132. The van der Waals surface area contributed by atoms with E-state index in [1.807, 2.05) is 60.7 Å². The molecule has 33 heavy (non-hydrogen) atoms. The zero-order valence-electron chi connectivity index (χ0n) is 17.4. The molecule has 1 N–H and O–H groups in total. The van der Waals surface area contributed by atoms with Crippen molar-refractivity contribution >= 4 is 23.5 Å². The van der Waals surface area contributed by atoms with Crippen LogP contribution >= 0.6 is 11.6 Å². The maximum absolute atomic E-state index is 13.7. The molecule has 164 valence electrons. The van der Waals surface area contributed by atoms with Gasteiger partial charge in [-0.2, -0.15) is 4.98 Å². The molecule has 3 amide bonds. The van der Waals surface area contributed by atoms with Crippen LogP contribution in [0.15, 0.2) is 89.5 Å². The summed E-state index contributed by atoms with van der Waals surface area (Å²) in [6.45, 7) is -0.130. The fourth-order valence-electron chi connectivity index (χ4n) is 3.98. The second-order valence-electron chi connectivity index (χ2n) is 7.77. The van der Waals surface area contributed by atoms with Crippen LogP contribution in [0.3, 0.4) is 0 Å². The van der Waals surface area contributed by atoms with E-state index in [9.17, 15) is 9.59 Å². The molecule has 7 nitrogen and oxygen atoms in total. The minimum absolute atomic E-state index is 0.130. The molecule has 4 aromatic rings. The van der Waals surface area contributed by atoms with Crippen LogP contribution in [0.2, 0.25) is 5.02 Å². The highest BCUT2D eigenvalue weighted by Crippen LogP contribution is 2.33. The van der Waals surface area contributed by atoms with Crippen LogP contribution in [0.4, 0.5) is 4.79 Å². The first-order valence-corrected chi connectivity index (χ1v) is 10.7. The zero-order chi connectivity index (χ0) is 22.8. The Morgan fingerprint density at radius 3 is 2.27 bits per heavy atom. The number of hydrogen-bond acceptors (Lipinski definition) is 5. The van der Waals surface area contributed by atoms with Gasteiger partial charge in [0.1, 0.15) is 6.54 Å². The first kappa shape index (κ1) is 20.9. The SMILES string of the molecule is O=C1NC(Cc2ccccc2)(c2ccccc2)C(=O)N1Cc1nc(-c2ccc(Cl)cc2)no1. The third-order valence-electron chi connectivity index (χ3n) is 5.62. The monoisotopic (exact) mass is 458 g/mol. The number of urea groups is 1. The van der Waals surface area contributed by atoms with E-state index in [-0.39, 0.29) is 18.3 Å². The summed E-state index contributed by atoms with van der Waals surface area (Å²) in [5.41, 5.74) is 1.13. The van der Waals surface area contributed by atoms with Gasteiger partial charge >= 0.3 is 6.03 Å². The van der Waals surface area contributed by atoms with Gasteiger partial charge in [-0.05, 0) is 35.4 Å². The Bertz CT molecular complexity index is 1290. The van der Waals surface area contributed by atoms with Crippen LogP contribution < -0.4 is 5.32 Å². The topological polar surface area (TPSA) is 88.3 Å². The number of amides is 3. The number of imide groups is 1. The van der Waals surface area contributed by atoms with Gasteiger partial charge in [0.05, 0.1) is 0 Å². The summed E-state index contributed by atoms with van der Waals surface area (Å²) in [6, 6.07) is 25.3. The van der Waals surface area contributed by atoms with E-state index in [4.69, 9.17) is 16.1 Å². The number of carbonyl (C=O) groups is 2. The van der Waals surface area contributed by atoms with Gasteiger partial charge in [0.25, 0.3) is 5.91 Å². The molecule has 3 aromatic carbocycles. The third kappa shape index (κ3) is 3.99. The highest BCUT2D eigenvalue weighted by atomic mass is 35.5. The first-order chi connectivity index (χ1) is 16.0. The third-order valence-corrected chi connectivity index (χ3v) is 5.87. The molecule has 1 unspecified atom stereocenters. The van der Waals surface area contributed by atoms with Crippen molar-refractivity contribution in [1.29, 1.82) is 0 Å². The molecule has 0 bridgehead atoms. The molecular weight excluding hydrogens is 440 g/mol. The quantitative estimate of drug-likeness (QED) is 0.427. The molecule has 0 aliphatic carbocycles. The molecule has 1 aliphatic rings. The Balaban J connectivity index is 1.44. The lowest BCUT2D eigenvalue weighted by atomic mass is 9.83. The second kappa shape index (κ2) is 8.52. The van der Waals surface area contributed by atoms with Crippen LogP contribution in [-0.4, -0.2) is 27.0 Å². The van der Waals surface area contributed by atoms with Gasteiger partial charge in [0, 0.05) is 17.0 Å². The van der Waals surface area contributed by atoms with Crippen molar-refractivity contribution in [1.82, 2.24) is 20.4 Å². The van der Waals surface area contributed by atoms with Crippen LogP contribution in [0, 0.1) is 0 Å². The normalized spacial score (nSPS) is 17.9. The molecule has 0 radical (unpaired) electrons. The number of hydrogen-bond donors (Lipinski definition) is 1. The van der Waals surface area contributed by atoms with E-state index < -0.39 is 11.6 Å². The summed E-state index contributed by atoms with van der Waals surface area (Å²) in [4.78, 5) is 32.1. The predicted molar refractivity (Wildman–Crippen MR) is 122 cm³/mol. The fourth-order valence-corrected chi connectivity index (χ4v) is 4.11. The highest BCUT2D eigenvalue weighted by molar-refractivity contribution is 6.30. The molecule has 1 aliphatic heterocycles. The van der Waals surface area contributed by atoms with Gasteiger partial charge in [-0.15, -0.1) is 0 Å². The molecule has 1 fully saturated rings. The van der Waals surface area contributed by atoms with Crippen LogP contribution in [-0.2, 0) is 23.3 Å². The van der Waals surface area contributed by atoms with Gasteiger partial charge in [-0.3, -0.25) is 9.69 Å². The standard InChI is InChI=1S/C25H19ClN4O3/c26-20-13-11-18(12-14-20)22-27-21(33-29-22)16-30-23(31)25(28-24(30)32,19-9-5-2-6-10-19)15-17-7-3-1-4-8-17/h1-14H,15-16H2,(H,28,32). The number of nitrogens with one attached hydrogen (secondary N) is 1. The summed E-state index contributed by atoms with van der Waals surface area (Å²) in [6.07, 6.45) is 0.318. The number of rotatable bonds is 6. The van der Waals surface area contributed by atoms with Crippen molar-refractivity contribution in [2.75, 3.05) is 0 Å². The summed E-state index contributed by atoms with van der Waals surface area (Å²) < 4.78 is 5.33. The number of aromatic nitrogens is 2. The highest BCUT2D eigenvalue weighted by Gasteiger charge is 2.52.